The molecule has 0 amide bonds. The van der Waals surface area contributed by atoms with Crippen LogP contribution in [-0.2, 0) is 0 Å². The highest BCUT2D eigenvalue weighted by molar-refractivity contribution is 6.33. The van der Waals surface area contributed by atoms with Crippen LogP contribution in [0.15, 0.2) is 36.4 Å². The van der Waals surface area contributed by atoms with Gasteiger partial charge in [-0.05, 0) is 60.8 Å². The highest BCUT2D eigenvalue weighted by atomic mass is 35.5. The highest BCUT2D eigenvalue weighted by Gasteiger charge is 2.56. The van der Waals surface area contributed by atoms with Gasteiger partial charge >= 0.3 is 5.97 Å². The number of halogens is 1. The molecule has 0 saturated heterocycles. The Hall–Kier alpha value is -2.60. The smallest absolute Gasteiger partial charge is 0.335 e. The van der Waals surface area contributed by atoms with Gasteiger partial charge in [-0.3, -0.25) is 10.1 Å². The third-order valence-electron chi connectivity index (χ3n) is 6.88. The second-order valence-electron chi connectivity index (χ2n) is 8.10. The molecule has 0 spiro atoms. The number of nitrogens with one attached hydrogen (secondary N) is 1. The molecule has 2 aliphatic carbocycles. The van der Waals surface area contributed by atoms with Crippen molar-refractivity contribution in [3.63, 3.8) is 0 Å². The minimum atomic E-state index is -0.954. The van der Waals surface area contributed by atoms with Gasteiger partial charge in [0.1, 0.15) is 0 Å². The molecule has 2 saturated carbocycles. The number of carboxylic acid groups (broad SMARTS) is 1. The number of hydrogen-bond donors (Lipinski definition) is 2. The third kappa shape index (κ3) is 2.44. The molecule has 0 radical (unpaired) electrons. The summed E-state index contributed by atoms with van der Waals surface area (Å²) in [7, 11) is 0. The Kier molecular flexibility index (Phi) is 3.88. The number of nitro groups is 1. The number of rotatable bonds is 3. The van der Waals surface area contributed by atoms with E-state index in [4.69, 9.17) is 11.6 Å². The van der Waals surface area contributed by atoms with Crippen molar-refractivity contribution >= 4 is 28.9 Å². The largest absolute Gasteiger partial charge is 0.478 e. The van der Waals surface area contributed by atoms with Crippen LogP contribution in [0.2, 0.25) is 5.02 Å². The lowest BCUT2D eigenvalue weighted by molar-refractivity contribution is -0.385. The molecular weight excluding hydrogens is 380 g/mol. The normalized spacial score (nSPS) is 29.7. The zero-order valence-electron chi connectivity index (χ0n) is 15.0. The van der Waals surface area contributed by atoms with Crippen LogP contribution >= 0.6 is 11.6 Å². The van der Waals surface area contributed by atoms with Gasteiger partial charge in [-0.2, -0.15) is 0 Å². The monoisotopic (exact) mass is 398 g/mol. The van der Waals surface area contributed by atoms with Gasteiger partial charge in [0, 0.05) is 12.0 Å². The number of carbonyl (C=O) groups is 1. The van der Waals surface area contributed by atoms with Gasteiger partial charge in [-0.25, -0.2) is 4.79 Å². The van der Waals surface area contributed by atoms with Crippen molar-refractivity contribution in [3.05, 3.63) is 68.2 Å². The van der Waals surface area contributed by atoms with Crippen molar-refractivity contribution in [2.75, 3.05) is 5.32 Å². The van der Waals surface area contributed by atoms with Crippen molar-refractivity contribution < 1.29 is 14.8 Å². The molecule has 2 N–H and O–H groups in total. The molecule has 1 heterocycles. The fraction of sp³-hybridized carbons (Fsp3) is 0.381. The van der Waals surface area contributed by atoms with E-state index in [1.54, 1.807) is 18.2 Å². The van der Waals surface area contributed by atoms with E-state index < -0.39 is 5.97 Å². The number of anilines is 1. The first-order chi connectivity index (χ1) is 13.5. The van der Waals surface area contributed by atoms with Gasteiger partial charge in [-0.1, -0.05) is 23.7 Å². The predicted molar refractivity (Wildman–Crippen MR) is 105 cm³/mol. The van der Waals surface area contributed by atoms with Crippen LogP contribution in [0.5, 0.6) is 0 Å². The van der Waals surface area contributed by atoms with Crippen LogP contribution in [0, 0.1) is 27.9 Å². The molecule has 5 rings (SSSR count). The van der Waals surface area contributed by atoms with Gasteiger partial charge in [-0.15, -0.1) is 0 Å². The maximum Gasteiger partial charge on any atom is 0.335 e. The lowest BCUT2D eigenvalue weighted by atomic mass is 9.67. The summed E-state index contributed by atoms with van der Waals surface area (Å²) < 4.78 is 0. The zero-order valence-corrected chi connectivity index (χ0v) is 15.7. The van der Waals surface area contributed by atoms with Gasteiger partial charge in [0.05, 0.1) is 32.8 Å². The molecule has 1 aliphatic heterocycles. The van der Waals surface area contributed by atoms with E-state index in [-0.39, 0.29) is 34.1 Å². The Morgan fingerprint density at radius 3 is 2.54 bits per heavy atom. The van der Waals surface area contributed by atoms with Crippen LogP contribution in [-0.4, -0.2) is 16.0 Å². The molecule has 6 nitrogen and oxygen atoms in total. The van der Waals surface area contributed by atoms with Crippen LogP contribution in [0.3, 0.4) is 0 Å². The Bertz CT molecular complexity index is 991. The van der Waals surface area contributed by atoms with Crippen LogP contribution < -0.4 is 5.32 Å². The SMILES string of the molecule is O=C(O)c1ccc([C@@H]2Nc3c(Cl)ccc([N+](=O)[O-])c3[C@@H]3[C@H]4CC[C@@H](C4)[C@@H]32)cc1. The van der Waals surface area contributed by atoms with E-state index in [0.717, 1.165) is 30.4 Å². The quantitative estimate of drug-likeness (QED) is 0.544. The first-order valence-electron chi connectivity index (χ1n) is 9.52. The minimum absolute atomic E-state index is 0.0323. The number of nitro benzene ring substituents is 1. The fourth-order valence-corrected chi connectivity index (χ4v) is 6.08. The Morgan fingerprint density at radius 1 is 1.14 bits per heavy atom. The second-order valence-corrected chi connectivity index (χ2v) is 8.51. The summed E-state index contributed by atoms with van der Waals surface area (Å²) in [5.74, 6) is 0.356. The molecule has 2 bridgehead atoms. The summed E-state index contributed by atoms with van der Waals surface area (Å²) in [6.07, 6.45) is 3.32. The molecule has 2 fully saturated rings. The number of aromatic carboxylic acids is 1. The Balaban J connectivity index is 1.65. The van der Waals surface area contributed by atoms with E-state index in [0.29, 0.717) is 22.5 Å². The lowest BCUT2D eigenvalue weighted by Crippen LogP contribution is -2.36. The van der Waals surface area contributed by atoms with Crippen molar-refractivity contribution in [1.82, 2.24) is 0 Å². The zero-order chi connectivity index (χ0) is 19.6. The number of fused-ring (bicyclic) bond motifs is 7. The van der Waals surface area contributed by atoms with Crippen LogP contribution in [0.4, 0.5) is 11.4 Å². The van der Waals surface area contributed by atoms with Crippen LogP contribution in [0.1, 0.15) is 52.7 Å². The molecule has 0 aromatic heterocycles. The number of benzene rings is 2. The van der Waals surface area contributed by atoms with Gasteiger partial charge in [0.25, 0.3) is 5.69 Å². The van der Waals surface area contributed by atoms with E-state index >= 15 is 0 Å². The van der Waals surface area contributed by atoms with Gasteiger partial charge < -0.3 is 10.4 Å². The summed E-state index contributed by atoms with van der Waals surface area (Å²) in [6, 6.07) is 10.0. The first-order valence-corrected chi connectivity index (χ1v) is 9.90. The maximum absolute atomic E-state index is 11.7. The fourth-order valence-electron chi connectivity index (χ4n) is 5.86. The number of hydrogen-bond acceptors (Lipinski definition) is 4. The average molecular weight is 399 g/mol. The topological polar surface area (TPSA) is 92.5 Å². The molecule has 0 unspecified atom stereocenters. The molecule has 28 heavy (non-hydrogen) atoms. The predicted octanol–water partition coefficient (Wildman–Crippen LogP) is 5.24. The molecule has 5 atom stereocenters. The Labute approximate surface area is 166 Å². The van der Waals surface area contributed by atoms with E-state index in [1.807, 2.05) is 12.1 Å². The molecule has 7 heteroatoms. The summed E-state index contributed by atoms with van der Waals surface area (Å²) >= 11 is 6.47. The van der Waals surface area contributed by atoms with E-state index in [2.05, 4.69) is 5.32 Å². The molecule has 3 aliphatic rings. The molecule has 2 aromatic rings. The highest BCUT2D eigenvalue weighted by Crippen LogP contribution is 2.65. The van der Waals surface area contributed by atoms with Crippen molar-refractivity contribution in [2.24, 2.45) is 17.8 Å². The van der Waals surface area contributed by atoms with E-state index in [1.165, 1.54) is 6.07 Å². The molecule has 2 aromatic carbocycles. The Morgan fingerprint density at radius 2 is 1.86 bits per heavy atom. The van der Waals surface area contributed by atoms with Crippen molar-refractivity contribution in [3.8, 4) is 0 Å². The van der Waals surface area contributed by atoms with Gasteiger partial charge in [0.15, 0.2) is 0 Å². The van der Waals surface area contributed by atoms with E-state index in [9.17, 15) is 20.0 Å². The minimum Gasteiger partial charge on any atom is -0.478 e. The summed E-state index contributed by atoms with van der Waals surface area (Å²) in [5.41, 5.74) is 2.82. The lowest BCUT2D eigenvalue weighted by Gasteiger charge is -2.43. The van der Waals surface area contributed by atoms with Crippen molar-refractivity contribution in [2.45, 2.75) is 31.2 Å². The summed E-state index contributed by atoms with van der Waals surface area (Å²) in [5, 5.41) is 24.9. The van der Waals surface area contributed by atoms with Crippen molar-refractivity contribution in [1.29, 1.82) is 0 Å². The molecule has 144 valence electrons. The number of carboxylic acids is 1. The summed E-state index contributed by atoms with van der Waals surface area (Å²) in [6.45, 7) is 0. The third-order valence-corrected chi connectivity index (χ3v) is 7.20. The maximum atomic E-state index is 11.7. The summed E-state index contributed by atoms with van der Waals surface area (Å²) in [4.78, 5) is 22.6. The van der Waals surface area contributed by atoms with Crippen LogP contribution in [0.25, 0.3) is 0 Å². The first kappa shape index (κ1) is 17.5. The standard InChI is InChI=1S/C21H19ClN2O4/c22-14-7-8-15(24(27)28)18-16-12-5-6-13(9-12)17(16)19(23-20(14)18)10-1-3-11(4-2-10)21(25)26/h1-4,7-8,12-13,16-17,19,23H,5-6,9H2,(H,25,26)/t12-,13-,16+,17-,19-/m0/s1. The average Bonchev–Trinajstić information content (AvgIpc) is 3.30. The second kappa shape index (κ2) is 6.21. The molecular formula is C21H19ClN2O4. The number of nitrogens with zero attached hydrogens (tertiary/aromatic N) is 1. The van der Waals surface area contributed by atoms with Gasteiger partial charge in [0.2, 0.25) is 0 Å².